The third-order valence-corrected chi connectivity index (χ3v) is 4.79. The summed E-state index contributed by atoms with van der Waals surface area (Å²) in [5, 5.41) is 3.75. The molecule has 1 N–H and O–H groups in total. The highest BCUT2D eigenvalue weighted by Crippen LogP contribution is 2.37. The maximum absolute atomic E-state index is 3.75. The van der Waals surface area contributed by atoms with Crippen molar-refractivity contribution in [1.82, 2.24) is 5.32 Å². The summed E-state index contributed by atoms with van der Waals surface area (Å²) in [6.07, 6.45) is 14.9. The standard InChI is InChI=1S/C15H29N/c1-2-16-15-12-8-7-11-14(15)13-9-5-3-4-6-10-13/h13-16H,2-12H2,1H3. The molecular weight excluding hydrogens is 194 g/mol. The van der Waals surface area contributed by atoms with Gasteiger partial charge < -0.3 is 5.32 Å². The molecule has 2 unspecified atom stereocenters. The van der Waals surface area contributed by atoms with Gasteiger partial charge in [-0.25, -0.2) is 0 Å². The molecule has 2 atom stereocenters. The quantitative estimate of drug-likeness (QED) is 0.710. The van der Waals surface area contributed by atoms with Gasteiger partial charge in [-0.3, -0.25) is 0 Å². The minimum atomic E-state index is 0.849. The van der Waals surface area contributed by atoms with Crippen molar-refractivity contribution in [2.24, 2.45) is 11.8 Å². The summed E-state index contributed by atoms with van der Waals surface area (Å²) in [7, 11) is 0. The van der Waals surface area contributed by atoms with E-state index in [0.29, 0.717) is 0 Å². The molecule has 0 aromatic carbocycles. The predicted octanol–water partition coefficient (Wildman–Crippen LogP) is 4.13. The van der Waals surface area contributed by atoms with E-state index < -0.39 is 0 Å². The summed E-state index contributed by atoms with van der Waals surface area (Å²) in [6.45, 7) is 3.42. The lowest BCUT2D eigenvalue weighted by atomic mass is 9.73. The molecule has 0 heterocycles. The van der Waals surface area contributed by atoms with Crippen LogP contribution >= 0.6 is 0 Å². The zero-order valence-electron chi connectivity index (χ0n) is 11.0. The van der Waals surface area contributed by atoms with Crippen LogP contribution in [0.15, 0.2) is 0 Å². The van der Waals surface area contributed by atoms with Gasteiger partial charge in [0.2, 0.25) is 0 Å². The Morgan fingerprint density at radius 2 is 1.44 bits per heavy atom. The maximum atomic E-state index is 3.75. The highest BCUT2D eigenvalue weighted by molar-refractivity contribution is 4.86. The fourth-order valence-electron chi connectivity index (χ4n) is 3.98. The highest BCUT2D eigenvalue weighted by Gasteiger charge is 2.31. The molecule has 16 heavy (non-hydrogen) atoms. The lowest BCUT2D eigenvalue weighted by Gasteiger charge is -2.37. The van der Waals surface area contributed by atoms with Crippen LogP contribution in [0.1, 0.15) is 71.1 Å². The Bertz CT molecular complexity index is 180. The van der Waals surface area contributed by atoms with Crippen molar-refractivity contribution >= 4 is 0 Å². The van der Waals surface area contributed by atoms with Gasteiger partial charge in [-0.15, -0.1) is 0 Å². The molecule has 1 nitrogen and oxygen atoms in total. The summed E-state index contributed by atoms with van der Waals surface area (Å²) < 4.78 is 0. The molecule has 0 aromatic rings. The summed E-state index contributed by atoms with van der Waals surface area (Å²) in [5.41, 5.74) is 0. The zero-order chi connectivity index (χ0) is 11.2. The SMILES string of the molecule is CCNC1CCCCC1C1CCCCCC1. The van der Waals surface area contributed by atoms with Crippen molar-refractivity contribution in [3.8, 4) is 0 Å². The molecule has 0 spiro atoms. The van der Waals surface area contributed by atoms with E-state index in [1.165, 1.54) is 64.2 Å². The fourth-order valence-corrected chi connectivity index (χ4v) is 3.98. The van der Waals surface area contributed by atoms with Gasteiger partial charge in [-0.2, -0.15) is 0 Å². The first-order chi connectivity index (χ1) is 7.92. The van der Waals surface area contributed by atoms with Crippen LogP contribution < -0.4 is 5.32 Å². The second-order valence-corrected chi connectivity index (χ2v) is 5.86. The number of hydrogen-bond donors (Lipinski definition) is 1. The van der Waals surface area contributed by atoms with E-state index in [1.807, 2.05) is 0 Å². The van der Waals surface area contributed by atoms with Gasteiger partial charge >= 0.3 is 0 Å². The van der Waals surface area contributed by atoms with Crippen LogP contribution in [0.5, 0.6) is 0 Å². The lowest BCUT2D eigenvalue weighted by molar-refractivity contribution is 0.172. The van der Waals surface area contributed by atoms with Crippen LogP contribution in [0.25, 0.3) is 0 Å². The van der Waals surface area contributed by atoms with Gasteiger partial charge in [0.1, 0.15) is 0 Å². The molecular formula is C15H29N. The molecule has 0 aliphatic heterocycles. The minimum Gasteiger partial charge on any atom is -0.314 e. The number of nitrogens with one attached hydrogen (secondary N) is 1. The average Bonchev–Trinajstić information content (AvgIpc) is 2.59. The molecule has 2 aliphatic rings. The van der Waals surface area contributed by atoms with E-state index in [4.69, 9.17) is 0 Å². The molecule has 0 radical (unpaired) electrons. The van der Waals surface area contributed by atoms with Crippen molar-refractivity contribution < 1.29 is 0 Å². The Morgan fingerprint density at radius 1 is 0.812 bits per heavy atom. The molecule has 0 saturated heterocycles. The van der Waals surface area contributed by atoms with E-state index in [0.717, 1.165) is 24.4 Å². The van der Waals surface area contributed by atoms with Gasteiger partial charge in [-0.1, -0.05) is 58.3 Å². The Balaban J connectivity index is 1.92. The molecule has 2 saturated carbocycles. The first-order valence-electron chi connectivity index (χ1n) is 7.65. The van der Waals surface area contributed by atoms with Crippen LogP contribution in [-0.2, 0) is 0 Å². The Labute approximate surface area is 101 Å². The number of rotatable bonds is 3. The summed E-state index contributed by atoms with van der Waals surface area (Å²) in [5.74, 6) is 2.05. The van der Waals surface area contributed by atoms with Gasteiger partial charge in [0.05, 0.1) is 0 Å². The van der Waals surface area contributed by atoms with E-state index in [9.17, 15) is 0 Å². The van der Waals surface area contributed by atoms with Gasteiger partial charge in [-0.05, 0) is 31.2 Å². The largest absolute Gasteiger partial charge is 0.314 e. The Kier molecular flexibility index (Phi) is 5.15. The maximum Gasteiger partial charge on any atom is 0.00978 e. The van der Waals surface area contributed by atoms with Crippen LogP contribution in [0.4, 0.5) is 0 Å². The van der Waals surface area contributed by atoms with Crippen molar-refractivity contribution in [2.75, 3.05) is 6.54 Å². The lowest BCUT2D eigenvalue weighted by Crippen LogP contribution is -2.41. The van der Waals surface area contributed by atoms with Crippen molar-refractivity contribution in [3.63, 3.8) is 0 Å². The van der Waals surface area contributed by atoms with Crippen LogP contribution in [0, 0.1) is 11.8 Å². The average molecular weight is 223 g/mol. The van der Waals surface area contributed by atoms with Crippen LogP contribution in [0.2, 0.25) is 0 Å². The first kappa shape index (κ1) is 12.4. The molecule has 94 valence electrons. The van der Waals surface area contributed by atoms with Crippen LogP contribution in [-0.4, -0.2) is 12.6 Å². The topological polar surface area (TPSA) is 12.0 Å². The van der Waals surface area contributed by atoms with E-state index in [1.54, 1.807) is 0 Å². The highest BCUT2D eigenvalue weighted by atomic mass is 14.9. The molecule has 0 amide bonds. The fraction of sp³-hybridized carbons (Fsp3) is 1.00. The molecule has 2 rings (SSSR count). The zero-order valence-corrected chi connectivity index (χ0v) is 11.0. The van der Waals surface area contributed by atoms with Gasteiger partial charge in [0.15, 0.2) is 0 Å². The molecule has 2 fully saturated rings. The molecule has 0 aromatic heterocycles. The van der Waals surface area contributed by atoms with E-state index in [-0.39, 0.29) is 0 Å². The van der Waals surface area contributed by atoms with Gasteiger partial charge in [0, 0.05) is 6.04 Å². The Hall–Kier alpha value is -0.0400. The van der Waals surface area contributed by atoms with Crippen molar-refractivity contribution in [3.05, 3.63) is 0 Å². The molecule has 1 heteroatoms. The van der Waals surface area contributed by atoms with Gasteiger partial charge in [0.25, 0.3) is 0 Å². The third kappa shape index (κ3) is 3.23. The second kappa shape index (κ2) is 6.64. The van der Waals surface area contributed by atoms with Crippen molar-refractivity contribution in [2.45, 2.75) is 77.2 Å². The normalized spacial score (nSPS) is 33.6. The van der Waals surface area contributed by atoms with Crippen LogP contribution in [0.3, 0.4) is 0 Å². The molecule has 0 bridgehead atoms. The Morgan fingerprint density at radius 3 is 2.12 bits per heavy atom. The number of hydrogen-bond acceptors (Lipinski definition) is 1. The molecule has 2 aliphatic carbocycles. The predicted molar refractivity (Wildman–Crippen MR) is 70.6 cm³/mol. The van der Waals surface area contributed by atoms with E-state index >= 15 is 0 Å². The summed E-state index contributed by atoms with van der Waals surface area (Å²) >= 11 is 0. The third-order valence-electron chi connectivity index (χ3n) is 4.79. The monoisotopic (exact) mass is 223 g/mol. The minimum absolute atomic E-state index is 0.849. The summed E-state index contributed by atoms with van der Waals surface area (Å²) in [6, 6.07) is 0.849. The first-order valence-corrected chi connectivity index (χ1v) is 7.65. The summed E-state index contributed by atoms with van der Waals surface area (Å²) in [4.78, 5) is 0. The van der Waals surface area contributed by atoms with Crippen molar-refractivity contribution in [1.29, 1.82) is 0 Å². The second-order valence-electron chi connectivity index (χ2n) is 5.86. The smallest absolute Gasteiger partial charge is 0.00978 e. The van der Waals surface area contributed by atoms with E-state index in [2.05, 4.69) is 12.2 Å².